The summed E-state index contributed by atoms with van der Waals surface area (Å²) in [7, 11) is -4.38. The molecule has 0 radical (unpaired) electrons. The van der Waals surface area contributed by atoms with E-state index in [-0.39, 0.29) is 29.5 Å². The number of nitrogens with zero attached hydrogens (tertiary/aromatic N) is 2. The molecule has 4 rings (SSSR count). The number of amides is 2. The minimum absolute atomic E-state index is 0.0348. The molecule has 0 saturated carbocycles. The van der Waals surface area contributed by atoms with Crippen LogP contribution in [0.15, 0.2) is 114 Å². The van der Waals surface area contributed by atoms with Crippen LogP contribution in [0.25, 0.3) is 0 Å². The highest BCUT2D eigenvalue weighted by molar-refractivity contribution is 7.92. The van der Waals surface area contributed by atoms with Gasteiger partial charge in [0.25, 0.3) is 10.0 Å². The maximum absolute atomic E-state index is 15.1. The van der Waals surface area contributed by atoms with Crippen molar-refractivity contribution in [3.05, 3.63) is 131 Å². The number of benzene rings is 4. The van der Waals surface area contributed by atoms with Gasteiger partial charge in [0, 0.05) is 24.5 Å². The Morgan fingerprint density at radius 1 is 0.860 bits per heavy atom. The van der Waals surface area contributed by atoms with Gasteiger partial charge in [0.1, 0.15) is 18.4 Å². The first-order valence-corrected chi connectivity index (χ1v) is 15.7. The molecule has 0 aliphatic heterocycles. The van der Waals surface area contributed by atoms with E-state index < -0.39 is 34.3 Å². The second kappa shape index (κ2) is 14.8. The van der Waals surface area contributed by atoms with Crippen LogP contribution in [-0.4, -0.2) is 44.3 Å². The Balaban J connectivity index is 1.80. The third-order valence-electron chi connectivity index (χ3n) is 6.79. The van der Waals surface area contributed by atoms with Crippen molar-refractivity contribution in [1.29, 1.82) is 0 Å². The van der Waals surface area contributed by atoms with Gasteiger partial charge < -0.3 is 10.2 Å². The van der Waals surface area contributed by atoms with Gasteiger partial charge >= 0.3 is 0 Å². The first-order chi connectivity index (χ1) is 20.7. The van der Waals surface area contributed by atoms with Crippen molar-refractivity contribution in [2.24, 2.45) is 0 Å². The van der Waals surface area contributed by atoms with Crippen molar-refractivity contribution in [2.75, 3.05) is 17.4 Å². The summed E-state index contributed by atoms with van der Waals surface area (Å²) < 4.78 is 43.6. The van der Waals surface area contributed by atoms with E-state index in [9.17, 15) is 18.0 Å². The van der Waals surface area contributed by atoms with E-state index >= 15 is 4.39 Å². The summed E-state index contributed by atoms with van der Waals surface area (Å²) in [6, 6.07) is 28.0. The third-order valence-corrected chi connectivity index (χ3v) is 8.80. The second-order valence-corrected chi connectivity index (χ2v) is 12.2. The van der Waals surface area contributed by atoms with Crippen molar-refractivity contribution in [2.45, 2.75) is 37.2 Å². The lowest BCUT2D eigenvalue weighted by atomic mass is 10.0. The van der Waals surface area contributed by atoms with Gasteiger partial charge in [-0.3, -0.25) is 13.9 Å². The Hall–Kier alpha value is -4.21. The van der Waals surface area contributed by atoms with Gasteiger partial charge in [-0.1, -0.05) is 91.3 Å². The quantitative estimate of drug-likeness (QED) is 0.203. The number of hydrogen-bond acceptors (Lipinski definition) is 4. The van der Waals surface area contributed by atoms with Crippen LogP contribution in [-0.2, 0) is 32.6 Å². The Morgan fingerprint density at radius 2 is 1.49 bits per heavy atom. The number of carbonyl (C=O) groups is 2. The lowest BCUT2D eigenvalue weighted by molar-refractivity contribution is -0.140. The molecule has 2 amide bonds. The number of halogens is 2. The monoisotopic (exact) mass is 621 g/mol. The maximum Gasteiger partial charge on any atom is 0.264 e. The number of hydrogen-bond donors (Lipinski definition) is 1. The standard InChI is InChI=1S/C33H33ClFN3O4S/c1-2-20-36-33(40)31(22-25-12-5-3-6-13-25)37(23-26-14-11-15-27(34)21-26)32(39)24-38(30-19-10-9-18-29(30)35)43(41,42)28-16-7-4-8-17-28/h3-19,21,31H,2,20,22-24H2,1H3,(H,36,40). The molecule has 1 atom stereocenters. The highest BCUT2D eigenvalue weighted by atomic mass is 35.5. The van der Waals surface area contributed by atoms with Gasteiger partial charge in [0.2, 0.25) is 11.8 Å². The minimum atomic E-state index is -4.38. The number of carbonyl (C=O) groups excluding carboxylic acids is 2. The highest BCUT2D eigenvalue weighted by Crippen LogP contribution is 2.27. The van der Waals surface area contributed by atoms with Gasteiger partial charge in [0.05, 0.1) is 10.6 Å². The van der Waals surface area contributed by atoms with Crippen LogP contribution in [0.4, 0.5) is 10.1 Å². The maximum atomic E-state index is 15.1. The zero-order chi connectivity index (χ0) is 30.8. The molecule has 0 heterocycles. The summed E-state index contributed by atoms with van der Waals surface area (Å²) in [4.78, 5) is 29.2. The second-order valence-electron chi connectivity index (χ2n) is 9.92. The van der Waals surface area contributed by atoms with E-state index in [1.165, 1.54) is 35.2 Å². The van der Waals surface area contributed by atoms with Crippen LogP contribution in [0.2, 0.25) is 5.02 Å². The fraction of sp³-hybridized carbons (Fsp3) is 0.212. The molecule has 4 aromatic carbocycles. The fourth-order valence-corrected chi connectivity index (χ4v) is 6.29. The molecule has 1 N–H and O–H groups in total. The van der Waals surface area contributed by atoms with E-state index in [0.29, 0.717) is 23.6 Å². The normalized spacial score (nSPS) is 11.9. The van der Waals surface area contributed by atoms with Crippen LogP contribution in [0.1, 0.15) is 24.5 Å². The Morgan fingerprint density at radius 3 is 2.14 bits per heavy atom. The molecule has 0 aliphatic carbocycles. The molecule has 7 nitrogen and oxygen atoms in total. The summed E-state index contributed by atoms with van der Waals surface area (Å²) in [5, 5.41) is 3.33. The zero-order valence-electron chi connectivity index (χ0n) is 23.7. The first-order valence-electron chi connectivity index (χ1n) is 13.9. The summed E-state index contributed by atoms with van der Waals surface area (Å²) >= 11 is 6.25. The first kappa shape index (κ1) is 31.7. The lowest BCUT2D eigenvalue weighted by Gasteiger charge is -2.34. The smallest absolute Gasteiger partial charge is 0.264 e. The van der Waals surface area contributed by atoms with Crippen LogP contribution >= 0.6 is 11.6 Å². The molecular weight excluding hydrogens is 589 g/mol. The minimum Gasteiger partial charge on any atom is -0.354 e. The van der Waals surface area contributed by atoms with Crippen molar-refractivity contribution in [3.63, 3.8) is 0 Å². The molecule has 43 heavy (non-hydrogen) atoms. The number of sulfonamides is 1. The molecule has 10 heteroatoms. The highest BCUT2D eigenvalue weighted by Gasteiger charge is 2.35. The number of para-hydroxylation sites is 1. The Bertz CT molecular complexity index is 1640. The molecule has 0 aliphatic rings. The Kier molecular flexibility index (Phi) is 10.9. The summed E-state index contributed by atoms with van der Waals surface area (Å²) in [5.41, 5.74) is 1.17. The molecule has 0 spiro atoms. The fourth-order valence-electron chi connectivity index (χ4n) is 4.64. The lowest BCUT2D eigenvalue weighted by Crippen LogP contribution is -2.53. The predicted molar refractivity (Wildman–Crippen MR) is 167 cm³/mol. The number of rotatable bonds is 13. The number of nitrogens with one attached hydrogen (secondary N) is 1. The SMILES string of the molecule is CCCNC(=O)C(Cc1ccccc1)N(Cc1cccc(Cl)c1)C(=O)CN(c1ccccc1F)S(=O)(=O)c1ccccc1. The topological polar surface area (TPSA) is 86.8 Å². The van der Waals surface area contributed by atoms with E-state index in [4.69, 9.17) is 11.6 Å². The van der Waals surface area contributed by atoms with Crippen molar-refractivity contribution < 1.29 is 22.4 Å². The molecule has 0 saturated heterocycles. The molecule has 4 aromatic rings. The predicted octanol–water partition coefficient (Wildman–Crippen LogP) is 5.84. The summed E-state index contributed by atoms with van der Waals surface area (Å²) in [6.07, 6.45) is 0.857. The van der Waals surface area contributed by atoms with Crippen LogP contribution in [0, 0.1) is 5.82 Å². The van der Waals surface area contributed by atoms with E-state index in [0.717, 1.165) is 15.9 Å². The molecule has 0 fully saturated rings. The van der Waals surface area contributed by atoms with Crippen molar-refractivity contribution in [3.8, 4) is 0 Å². The Labute approximate surface area is 257 Å². The molecule has 0 aromatic heterocycles. The van der Waals surface area contributed by atoms with E-state index in [1.54, 1.807) is 42.5 Å². The van der Waals surface area contributed by atoms with Gasteiger partial charge in [-0.25, -0.2) is 12.8 Å². The van der Waals surface area contributed by atoms with Gasteiger partial charge in [-0.15, -0.1) is 0 Å². The average molecular weight is 622 g/mol. The largest absolute Gasteiger partial charge is 0.354 e. The van der Waals surface area contributed by atoms with Crippen molar-refractivity contribution in [1.82, 2.24) is 10.2 Å². The van der Waals surface area contributed by atoms with Gasteiger partial charge in [-0.05, 0) is 53.9 Å². The summed E-state index contributed by atoms with van der Waals surface area (Å²) in [6.45, 7) is 1.53. The molecular formula is C33H33ClFN3O4S. The average Bonchev–Trinajstić information content (AvgIpc) is 3.01. The zero-order valence-corrected chi connectivity index (χ0v) is 25.3. The van der Waals surface area contributed by atoms with Crippen LogP contribution < -0.4 is 9.62 Å². The molecule has 224 valence electrons. The van der Waals surface area contributed by atoms with Crippen LogP contribution in [0.5, 0.6) is 0 Å². The van der Waals surface area contributed by atoms with E-state index in [1.807, 2.05) is 37.3 Å². The number of anilines is 1. The summed E-state index contributed by atoms with van der Waals surface area (Å²) in [5.74, 6) is -1.88. The van der Waals surface area contributed by atoms with E-state index in [2.05, 4.69) is 5.32 Å². The van der Waals surface area contributed by atoms with Gasteiger partial charge in [0.15, 0.2) is 0 Å². The van der Waals surface area contributed by atoms with Gasteiger partial charge in [-0.2, -0.15) is 0 Å². The molecule has 0 bridgehead atoms. The molecule has 1 unspecified atom stereocenters. The van der Waals surface area contributed by atoms with Crippen molar-refractivity contribution >= 4 is 39.1 Å². The van der Waals surface area contributed by atoms with Crippen LogP contribution in [0.3, 0.4) is 0 Å². The third kappa shape index (κ3) is 8.21.